The third kappa shape index (κ3) is 4.53. The van der Waals surface area contributed by atoms with Crippen LogP contribution in [0.25, 0.3) is 6.08 Å². The number of carbonyl (C=O) groups is 1. The molecule has 1 amide bonds. The van der Waals surface area contributed by atoms with Crippen molar-refractivity contribution in [1.29, 1.82) is 0 Å². The molecule has 1 fully saturated rings. The van der Waals surface area contributed by atoms with E-state index < -0.39 is 0 Å². The average Bonchev–Trinajstić information content (AvgIpc) is 2.81. The van der Waals surface area contributed by atoms with Crippen LogP contribution in [-0.4, -0.2) is 18.8 Å². The van der Waals surface area contributed by atoms with E-state index >= 15 is 0 Å². The molecule has 1 aromatic rings. The smallest absolute Gasteiger partial charge is 0.267 e. The summed E-state index contributed by atoms with van der Waals surface area (Å²) < 4.78 is 6.37. The Balaban J connectivity index is 1.73. The maximum absolute atomic E-state index is 11.5. The van der Waals surface area contributed by atoms with Crippen LogP contribution >= 0.6 is 27.3 Å². The van der Waals surface area contributed by atoms with Gasteiger partial charge in [0.15, 0.2) is 6.29 Å². The van der Waals surface area contributed by atoms with Crippen molar-refractivity contribution in [3.8, 4) is 0 Å². The van der Waals surface area contributed by atoms with Crippen molar-refractivity contribution in [2.45, 2.75) is 25.6 Å². The number of rotatable bonds is 4. The normalized spacial score (nSPS) is 20.2. The SMILES string of the molecule is O=C(C=Cc1csc(Br)c1)NOC1CCCCO1. The lowest BCUT2D eigenvalue weighted by Crippen LogP contribution is -2.32. The van der Waals surface area contributed by atoms with Crippen molar-refractivity contribution in [2.24, 2.45) is 0 Å². The quantitative estimate of drug-likeness (QED) is 0.681. The van der Waals surface area contributed by atoms with Gasteiger partial charge in [-0.15, -0.1) is 11.3 Å². The molecule has 1 N–H and O–H groups in total. The number of halogens is 1. The molecule has 0 bridgehead atoms. The van der Waals surface area contributed by atoms with Crippen molar-refractivity contribution < 1.29 is 14.4 Å². The van der Waals surface area contributed by atoms with Crippen molar-refractivity contribution >= 4 is 39.2 Å². The molecule has 0 aromatic carbocycles. The highest BCUT2D eigenvalue weighted by atomic mass is 79.9. The van der Waals surface area contributed by atoms with Crippen molar-refractivity contribution in [3.05, 3.63) is 26.9 Å². The van der Waals surface area contributed by atoms with E-state index in [0.717, 1.165) is 28.6 Å². The maximum Gasteiger partial charge on any atom is 0.267 e. The first kappa shape index (κ1) is 13.7. The average molecular weight is 332 g/mol. The molecule has 0 saturated carbocycles. The molecule has 0 radical (unpaired) electrons. The molecular formula is C12H14BrNO3S. The van der Waals surface area contributed by atoms with Crippen molar-refractivity contribution in [3.63, 3.8) is 0 Å². The van der Waals surface area contributed by atoms with Gasteiger partial charge in [0.2, 0.25) is 0 Å². The second-order valence-electron chi connectivity index (χ2n) is 3.90. The second kappa shape index (κ2) is 7.04. The van der Waals surface area contributed by atoms with E-state index in [9.17, 15) is 4.79 Å². The molecule has 98 valence electrons. The highest BCUT2D eigenvalue weighted by Gasteiger charge is 2.14. The van der Waals surface area contributed by atoms with Gasteiger partial charge in [0, 0.05) is 19.1 Å². The minimum atomic E-state index is -0.314. The Morgan fingerprint density at radius 2 is 2.50 bits per heavy atom. The molecule has 18 heavy (non-hydrogen) atoms. The number of carbonyl (C=O) groups excluding carboxylic acids is 1. The zero-order valence-corrected chi connectivity index (χ0v) is 12.1. The summed E-state index contributed by atoms with van der Waals surface area (Å²) in [5.74, 6) is -0.286. The first-order chi connectivity index (χ1) is 8.74. The zero-order valence-electron chi connectivity index (χ0n) is 9.73. The number of nitrogens with one attached hydrogen (secondary N) is 1. The van der Waals surface area contributed by atoms with Gasteiger partial charge < -0.3 is 4.74 Å². The standard InChI is InChI=1S/C12H14BrNO3S/c13-10-7-9(8-18-10)4-5-11(15)14-17-12-3-1-2-6-16-12/h4-5,7-8,12H,1-3,6H2,(H,14,15). The lowest BCUT2D eigenvalue weighted by Gasteiger charge is -2.21. The summed E-state index contributed by atoms with van der Waals surface area (Å²) in [7, 11) is 0. The maximum atomic E-state index is 11.5. The van der Waals surface area contributed by atoms with E-state index in [-0.39, 0.29) is 12.2 Å². The van der Waals surface area contributed by atoms with Gasteiger partial charge in [-0.3, -0.25) is 4.79 Å². The van der Waals surface area contributed by atoms with Crippen LogP contribution in [0.1, 0.15) is 24.8 Å². The zero-order chi connectivity index (χ0) is 12.8. The van der Waals surface area contributed by atoms with Crippen molar-refractivity contribution in [1.82, 2.24) is 5.48 Å². The molecule has 1 aromatic heterocycles. The van der Waals surface area contributed by atoms with E-state index in [4.69, 9.17) is 9.57 Å². The van der Waals surface area contributed by atoms with Crippen LogP contribution in [0.3, 0.4) is 0 Å². The number of hydrogen-bond donors (Lipinski definition) is 1. The van der Waals surface area contributed by atoms with E-state index in [1.807, 2.05) is 11.4 Å². The van der Waals surface area contributed by atoms with E-state index in [0.29, 0.717) is 6.61 Å². The predicted octanol–water partition coefficient (Wildman–Crippen LogP) is 3.10. The van der Waals surface area contributed by atoms with Crippen LogP contribution in [0, 0.1) is 0 Å². The largest absolute Gasteiger partial charge is 0.350 e. The van der Waals surface area contributed by atoms with Gasteiger partial charge in [0.25, 0.3) is 5.91 Å². The number of ether oxygens (including phenoxy) is 1. The number of amides is 1. The molecule has 2 rings (SSSR count). The van der Waals surface area contributed by atoms with Gasteiger partial charge in [-0.05, 0) is 51.9 Å². The Bertz CT molecular complexity index is 427. The Hall–Kier alpha value is -0.690. The van der Waals surface area contributed by atoms with Gasteiger partial charge >= 0.3 is 0 Å². The molecule has 4 nitrogen and oxygen atoms in total. The minimum Gasteiger partial charge on any atom is -0.350 e. The van der Waals surface area contributed by atoms with E-state index in [1.54, 1.807) is 17.4 Å². The first-order valence-corrected chi connectivity index (χ1v) is 7.40. The number of thiophene rings is 1. The monoisotopic (exact) mass is 331 g/mol. The van der Waals surface area contributed by atoms with Crippen LogP contribution in [0.5, 0.6) is 0 Å². The van der Waals surface area contributed by atoms with Crippen LogP contribution < -0.4 is 5.48 Å². The van der Waals surface area contributed by atoms with Crippen molar-refractivity contribution in [2.75, 3.05) is 6.61 Å². The molecule has 6 heteroatoms. The van der Waals surface area contributed by atoms with Crippen LogP contribution in [0.15, 0.2) is 21.3 Å². The molecule has 1 aliphatic rings. The van der Waals surface area contributed by atoms with Gasteiger partial charge in [-0.25, -0.2) is 10.3 Å². The predicted molar refractivity (Wildman–Crippen MR) is 73.9 cm³/mol. The molecule has 1 atom stereocenters. The molecule has 1 unspecified atom stereocenters. The number of hydrogen-bond acceptors (Lipinski definition) is 4. The van der Waals surface area contributed by atoms with Crippen LogP contribution in [-0.2, 0) is 14.4 Å². The minimum absolute atomic E-state index is 0.286. The molecule has 1 saturated heterocycles. The summed E-state index contributed by atoms with van der Waals surface area (Å²) in [5.41, 5.74) is 3.35. The third-order valence-corrected chi connectivity index (χ3v) is 3.97. The molecular weight excluding hydrogens is 318 g/mol. The lowest BCUT2D eigenvalue weighted by atomic mass is 10.2. The highest BCUT2D eigenvalue weighted by molar-refractivity contribution is 9.11. The van der Waals surface area contributed by atoms with E-state index in [1.165, 1.54) is 6.08 Å². The summed E-state index contributed by atoms with van der Waals surface area (Å²) in [6.45, 7) is 0.694. The van der Waals surface area contributed by atoms with E-state index in [2.05, 4.69) is 21.4 Å². The van der Waals surface area contributed by atoms with Crippen LogP contribution in [0.4, 0.5) is 0 Å². The highest BCUT2D eigenvalue weighted by Crippen LogP contribution is 2.21. The molecule has 0 aliphatic carbocycles. The number of hydroxylamine groups is 1. The first-order valence-electron chi connectivity index (χ1n) is 5.73. The summed E-state index contributed by atoms with van der Waals surface area (Å²) in [4.78, 5) is 16.6. The summed E-state index contributed by atoms with van der Waals surface area (Å²) >= 11 is 4.94. The Labute approximate surface area is 118 Å². The summed E-state index contributed by atoms with van der Waals surface area (Å²) in [6, 6.07) is 1.94. The van der Waals surface area contributed by atoms with Gasteiger partial charge in [0.05, 0.1) is 3.79 Å². The second-order valence-corrected chi connectivity index (χ2v) is 6.19. The fraction of sp³-hybridized carbons (Fsp3) is 0.417. The van der Waals surface area contributed by atoms with Gasteiger partial charge in [-0.2, -0.15) is 0 Å². The third-order valence-electron chi connectivity index (χ3n) is 2.44. The Morgan fingerprint density at radius 1 is 1.61 bits per heavy atom. The lowest BCUT2D eigenvalue weighted by molar-refractivity contribution is -0.198. The summed E-state index contributed by atoms with van der Waals surface area (Å²) in [5, 5.41) is 1.96. The van der Waals surface area contributed by atoms with Crippen LogP contribution in [0.2, 0.25) is 0 Å². The van der Waals surface area contributed by atoms with Gasteiger partial charge in [-0.1, -0.05) is 0 Å². The summed E-state index contributed by atoms with van der Waals surface area (Å²) in [6.07, 6.45) is 5.81. The molecule has 1 aliphatic heterocycles. The van der Waals surface area contributed by atoms with Gasteiger partial charge in [0.1, 0.15) is 0 Å². The Kier molecular flexibility index (Phi) is 5.37. The molecule has 0 spiro atoms. The fourth-order valence-corrected chi connectivity index (χ4v) is 2.69. The topological polar surface area (TPSA) is 47.6 Å². The fourth-order valence-electron chi connectivity index (χ4n) is 1.54. The molecule has 2 heterocycles. The Morgan fingerprint density at radius 3 is 3.17 bits per heavy atom.